The minimum Gasteiger partial charge on any atom is -0.264 e. The number of aromatic amines is 1. The highest BCUT2D eigenvalue weighted by Gasteiger charge is 2.07. The van der Waals surface area contributed by atoms with Crippen molar-refractivity contribution < 1.29 is 0 Å². The van der Waals surface area contributed by atoms with Crippen molar-refractivity contribution in [1.82, 2.24) is 25.1 Å². The summed E-state index contributed by atoms with van der Waals surface area (Å²) < 4.78 is 0. The SMILES string of the molecule is Cc1nc(CSc2n[nH]c(-c3cccnc3)n2)cs1. The van der Waals surface area contributed by atoms with Crippen molar-refractivity contribution >= 4 is 23.1 Å². The van der Waals surface area contributed by atoms with Crippen molar-refractivity contribution in [3.63, 3.8) is 0 Å². The van der Waals surface area contributed by atoms with Crippen molar-refractivity contribution in [2.75, 3.05) is 0 Å². The molecular weight excluding hydrogens is 278 g/mol. The van der Waals surface area contributed by atoms with Gasteiger partial charge in [-0.2, -0.15) is 0 Å². The molecule has 96 valence electrons. The Bertz CT molecular complexity index is 662. The molecule has 3 aromatic rings. The minimum absolute atomic E-state index is 0.726. The number of H-pyrrole nitrogens is 1. The molecule has 1 N–H and O–H groups in total. The van der Waals surface area contributed by atoms with Crippen LogP contribution in [0.5, 0.6) is 0 Å². The molecular formula is C12H11N5S2. The fraction of sp³-hybridized carbons (Fsp3) is 0.167. The van der Waals surface area contributed by atoms with Crippen LogP contribution in [0, 0.1) is 6.92 Å². The average Bonchev–Trinajstić information content (AvgIpc) is 3.06. The van der Waals surface area contributed by atoms with Crippen LogP contribution in [-0.4, -0.2) is 25.1 Å². The number of pyridine rings is 1. The molecule has 0 atom stereocenters. The number of hydrogen-bond donors (Lipinski definition) is 1. The lowest BCUT2D eigenvalue weighted by Gasteiger charge is -1.93. The smallest absolute Gasteiger partial charge is 0.209 e. The van der Waals surface area contributed by atoms with Crippen LogP contribution in [0.25, 0.3) is 11.4 Å². The van der Waals surface area contributed by atoms with E-state index in [9.17, 15) is 0 Å². The van der Waals surface area contributed by atoms with E-state index >= 15 is 0 Å². The second-order valence-electron chi connectivity index (χ2n) is 3.85. The molecule has 0 spiro atoms. The summed E-state index contributed by atoms with van der Waals surface area (Å²) in [7, 11) is 0. The number of hydrogen-bond acceptors (Lipinski definition) is 6. The van der Waals surface area contributed by atoms with Gasteiger partial charge in [0.25, 0.3) is 0 Å². The molecule has 0 aliphatic rings. The van der Waals surface area contributed by atoms with Crippen LogP contribution in [0.1, 0.15) is 10.7 Å². The van der Waals surface area contributed by atoms with E-state index in [0.717, 1.165) is 33.0 Å². The highest BCUT2D eigenvalue weighted by Crippen LogP contribution is 2.22. The van der Waals surface area contributed by atoms with Gasteiger partial charge >= 0.3 is 0 Å². The molecule has 7 heteroatoms. The maximum atomic E-state index is 4.43. The second-order valence-corrected chi connectivity index (χ2v) is 5.86. The van der Waals surface area contributed by atoms with E-state index < -0.39 is 0 Å². The molecule has 3 aromatic heterocycles. The van der Waals surface area contributed by atoms with Crippen LogP contribution in [0.3, 0.4) is 0 Å². The maximum absolute atomic E-state index is 4.43. The minimum atomic E-state index is 0.726. The van der Waals surface area contributed by atoms with E-state index in [1.807, 2.05) is 19.1 Å². The molecule has 0 radical (unpaired) electrons. The summed E-state index contributed by atoms with van der Waals surface area (Å²) in [5, 5.41) is 11.0. The number of nitrogens with one attached hydrogen (secondary N) is 1. The Hall–Kier alpha value is -1.73. The Morgan fingerprint density at radius 3 is 3.05 bits per heavy atom. The van der Waals surface area contributed by atoms with Gasteiger partial charge in [0, 0.05) is 29.1 Å². The van der Waals surface area contributed by atoms with Gasteiger partial charge in [-0.15, -0.1) is 16.4 Å². The first kappa shape index (κ1) is 12.3. The molecule has 0 amide bonds. The summed E-state index contributed by atoms with van der Waals surface area (Å²) in [5.74, 6) is 1.53. The highest BCUT2D eigenvalue weighted by atomic mass is 32.2. The molecule has 3 heterocycles. The van der Waals surface area contributed by atoms with Crippen LogP contribution in [0.15, 0.2) is 35.1 Å². The molecule has 0 aliphatic carbocycles. The van der Waals surface area contributed by atoms with Crippen molar-refractivity contribution in [2.45, 2.75) is 17.8 Å². The Kier molecular flexibility index (Phi) is 3.56. The fourth-order valence-electron chi connectivity index (χ4n) is 1.56. The third-order valence-corrected chi connectivity index (χ3v) is 4.12. The van der Waals surface area contributed by atoms with Gasteiger partial charge in [0.1, 0.15) is 0 Å². The van der Waals surface area contributed by atoms with Gasteiger partial charge in [-0.25, -0.2) is 9.97 Å². The van der Waals surface area contributed by atoms with Gasteiger partial charge in [0.15, 0.2) is 5.82 Å². The molecule has 0 aromatic carbocycles. The van der Waals surface area contributed by atoms with Gasteiger partial charge in [0.05, 0.1) is 10.7 Å². The number of nitrogens with zero attached hydrogens (tertiary/aromatic N) is 4. The third kappa shape index (κ3) is 2.99. The van der Waals surface area contributed by atoms with E-state index in [4.69, 9.17) is 0 Å². The van der Waals surface area contributed by atoms with Crippen LogP contribution in [0.2, 0.25) is 0 Å². The second kappa shape index (κ2) is 5.50. The molecule has 0 saturated carbocycles. The molecule has 0 aliphatic heterocycles. The lowest BCUT2D eigenvalue weighted by atomic mass is 10.3. The van der Waals surface area contributed by atoms with Crippen LogP contribution in [-0.2, 0) is 5.75 Å². The molecule has 3 rings (SSSR count). The zero-order valence-electron chi connectivity index (χ0n) is 10.2. The van der Waals surface area contributed by atoms with E-state index in [0.29, 0.717) is 0 Å². The summed E-state index contributed by atoms with van der Waals surface area (Å²) in [6.07, 6.45) is 3.50. The predicted octanol–water partition coefficient (Wildman–Crippen LogP) is 2.92. The summed E-state index contributed by atoms with van der Waals surface area (Å²) in [4.78, 5) is 12.9. The Balaban J connectivity index is 1.68. The summed E-state index contributed by atoms with van der Waals surface area (Å²) >= 11 is 3.23. The monoisotopic (exact) mass is 289 g/mol. The number of rotatable bonds is 4. The molecule has 0 unspecified atom stereocenters. The van der Waals surface area contributed by atoms with E-state index in [-0.39, 0.29) is 0 Å². The van der Waals surface area contributed by atoms with Crippen molar-refractivity contribution in [2.24, 2.45) is 0 Å². The van der Waals surface area contributed by atoms with Crippen molar-refractivity contribution in [3.05, 3.63) is 40.6 Å². The van der Waals surface area contributed by atoms with Gasteiger partial charge in [-0.05, 0) is 19.1 Å². The normalized spacial score (nSPS) is 10.8. The van der Waals surface area contributed by atoms with Crippen LogP contribution >= 0.6 is 23.1 Å². The molecule has 0 bridgehead atoms. The lowest BCUT2D eigenvalue weighted by Crippen LogP contribution is -1.83. The average molecular weight is 289 g/mol. The Labute approximate surface area is 118 Å². The first-order valence-corrected chi connectivity index (χ1v) is 7.54. The molecule has 19 heavy (non-hydrogen) atoms. The third-order valence-electron chi connectivity index (χ3n) is 2.42. The largest absolute Gasteiger partial charge is 0.264 e. The van der Waals surface area contributed by atoms with Gasteiger partial charge in [-0.1, -0.05) is 11.8 Å². The van der Waals surface area contributed by atoms with Crippen LogP contribution in [0.4, 0.5) is 0 Å². The quantitative estimate of drug-likeness (QED) is 0.748. The molecule has 0 fully saturated rings. The van der Waals surface area contributed by atoms with E-state index in [1.54, 1.807) is 35.5 Å². The maximum Gasteiger partial charge on any atom is 0.209 e. The first-order valence-electron chi connectivity index (χ1n) is 5.68. The van der Waals surface area contributed by atoms with Gasteiger partial charge in [-0.3, -0.25) is 10.1 Å². The predicted molar refractivity (Wildman–Crippen MR) is 76.0 cm³/mol. The molecule has 5 nitrogen and oxygen atoms in total. The lowest BCUT2D eigenvalue weighted by molar-refractivity contribution is 0.972. The van der Waals surface area contributed by atoms with E-state index in [1.165, 1.54) is 0 Å². The topological polar surface area (TPSA) is 67.3 Å². The molecule has 0 saturated heterocycles. The number of aromatic nitrogens is 5. The Morgan fingerprint density at radius 1 is 1.37 bits per heavy atom. The number of aryl methyl sites for hydroxylation is 1. The first-order chi connectivity index (χ1) is 9.31. The van der Waals surface area contributed by atoms with Crippen molar-refractivity contribution in [3.8, 4) is 11.4 Å². The fourth-order valence-corrected chi connectivity index (χ4v) is 2.96. The highest BCUT2D eigenvalue weighted by molar-refractivity contribution is 7.98. The van der Waals surface area contributed by atoms with Gasteiger partial charge < -0.3 is 0 Å². The standard InChI is InChI=1S/C12H11N5S2/c1-8-14-10(6-18-8)7-19-12-15-11(16-17-12)9-3-2-4-13-5-9/h2-6H,7H2,1H3,(H,15,16,17). The van der Waals surface area contributed by atoms with Crippen molar-refractivity contribution in [1.29, 1.82) is 0 Å². The van der Waals surface area contributed by atoms with Crippen LogP contribution < -0.4 is 0 Å². The van der Waals surface area contributed by atoms with Gasteiger partial charge in [0.2, 0.25) is 5.16 Å². The van der Waals surface area contributed by atoms with E-state index in [2.05, 4.69) is 30.5 Å². The summed E-state index contributed by atoms with van der Waals surface area (Å²) in [5.41, 5.74) is 2.01. The number of thiazole rings is 1. The zero-order chi connectivity index (χ0) is 13.1. The zero-order valence-corrected chi connectivity index (χ0v) is 11.8. The summed E-state index contributed by atoms with van der Waals surface area (Å²) in [6, 6.07) is 3.83. The number of thioether (sulfide) groups is 1. The Morgan fingerprint density at radius 2 is 2.32 bits per heavy atom. The summed E-state index contributed by atoms with van der Waals surface area (Å²) in [6.45, 7) is 2.01.